The highest BCUT2D eigenvalue weighted by molar-refractivity contribution is 4.38. The van der Waals surface area contributed by atoms with Crippen LogP contribution in [0.3, 0.4) is 0 Å². The van der Waals surface area contributed by atoms with E-state index in [0.717, 1.165) is 0 Å². The Labute approximate surface area is 121 Å². The van der Waals surface area contributed by atoms with Gasteiger partial charge in [-0.2, -0.15) is 0 Å². The van der Waals surface area contributed by atoms with E-state index < -0.39 is 26.1 Å². The van der Waals surface area contributed by atoms with Crippen LogP contribution in [0.2, 0.25) is 0 Å². The van der Waals surface area contributed by atoms with Crippen molar-refractivity contribution in [1.82, 2.24) is 0 Å². The smallest absolute Gasteiger partial charge is 0.261 e. The largest absolute Gasteiger partial charge is 0.377 e. The van der Waals surface area contributed by atoms with Crippen molar-refractivity contribution in [2.45, 2.75) is 12.9 Å². The van der Waals surface area contributed by atoms with Crippen molar-refractivity contribution in [3.8, 4) is 0 Å². The molecule has 128 valence electrons. The maximum atomic E-state index is 11.7. The van der Waals surface area contributed by atoms with E-state index in [1.54, 1.807) is 0 Å². The van der Waals surface area contributed by atoms with Gasteiger partial charge in [-0.3, -0.25) is 0 Å². The summed E-state index contributed by atoms with van der Waals surface area (Å²) < 4.78 is 71.2. The molecular weight excluding hydrogens is 300 g/mol. The van der Waals surface area contributed by atoms with Crippen molar-refractivity contribution in [2.24, 2.45) is 0 Å². The third-order valence-corrected chi connectivity index (χ3v) is 1.98. The van der Waals surface area contributed by atoms with Crippen molar-refractivity contribution in [3.63, 3.8) is 0 Å². The number of hydrogen-bond donors (Lipinski definition) is 0. The molecule has 0 radical (unpaired) electrons. The molecule has 0 fully saturated rings. The van der Waals surface area contributed by atoms with Crippen molar-refractivity contribution in [1.29, 1.82) is 0 Å². The topological polar surface area (TPSA) is 46.2 Å². The third kappa shape index (κ3) is 19.5. The van der Waals surface area contributed by atoms with Crippen LogP contribution in [-0.2, 0) is 23.7 Å². The van der Waals surface area contributed by atoms with Crippen LogP contribution < -0.4 is 0 Å². The minimum Gasteiger partial charge on any atom is -0.377 e. The van der Waals surface area contributed by atoms with Gasteiger partial charge in [-0.1, -0.05) is 0 Å². The molecule has 0 aromatic rings. The zero-order valence-corrected chi connectivity index (χ0v) is 11.8. The summed E-state index contributed by atoms with van der Waals surface area (Å²) in [5.74, 6) is 0. The van der Waals surface area contributed by atoms with E-state index in [2.05, 4.69) is 9.47 Å². The van der Waals surface area contributed by atoms with Gasteiger partial charge in [0.25, 0.3) is 12.9 Å². The van der Waals surface area contributed by atoms with Gasteiger partial charge in [-0.25, -0.2) is 17.6 Å². The van der Waals surface area contributed by atoms with Gasteiger partial charge < -0.3 is 23.7 Å². The molecule has 21 heavy (non-hydrogen) atoms. The van der Waals surface area contributed by atoms with E-state index >= 15 is 0 Å². The van der Waals surface area contributed by atoms with Gasteiger partial charge >= 0.3 is 0 Å². The predicted molar refractivity (Wildman–Crippen MR) is 66.1 cm³/mol. The summed E-state index contributed by atoms with van der Waals surface area (Å²) >= 11 is 0. The Morgan fingerprint density at radius 2 is 0.667 bits per heavy atom. The molecule has 0 bridgehead atoms. The lowest BCUT2D eigenvalue weighted by atomic mass is 10.7. The molecule has 0 amide bonds. The predicted octanol–water partition coefficient (Wildman–Crippen LogP) is 1.60. The van der Waals surface area contributed by atoms with Gasteiger partial charge in [0.2, 0.25) is 0 Å². The molecule has 0 aromatic heterocycles. The van der Waals surface area contributed by atoms with Crippen molar-refractivity contribution in [3.05, 3.63) is 0 Å². The normalized spacial score (nSPS) is 11.7. The molecule has 0 unspecified atom stereocenters. The lowest BCUT2D eigenvalue weighted by molar-refractivity contribution is -0.0324. The molecule has 0 spiro atoms. The summed E-state index contributed by atoms with van der Waals surface area (Å²) in [4.78, 5) is 0. The summed E-state index contributed by atoms with van der Waals surface area (Å²) in [5, 5.41) is 0. The van der Waals surface area contributed by atoms with Gasteiger partial charge in [0.05, 0.1) is 52.9 Å². The molecule has 0 saturated carbocycles. The number of halogens is 4. The number of ether oxygens (including phenoxy) is 5. The Bertz CT molecular complexity index is 190. The Hall–Kier alpha value is -0.480. The second kappa shape index (κ2) is 15.9. The van der Waals surface area contributed by atoms with E-state index in [1.165, 1.54) is 0 Å². The van der Waals surface area contributed by atoms with Gasteiger partial charge in [-0.05, 0) is 0 Å². The Balaban J connectivity index is 2.96. The van der Waals surface area contributed by atoms with Crippen LogP contribution in [0, 0.1) is 0 Å². The third-order valence-electron chi connectivity index (χ3n) is 1.98. The monoisotopic (exact) mass is 322 g/mol. The molecule has 5 nitrogen and oxygen atoms in total. The first-order chi connectivity index (χ1) is 10.1. The minimum atomic E-state index is -2.46. The zero-order valence-electron chi connectivity index (χ0n) is 11.8. The van der Waals surface area contributed by atoms with E-state index in [4.69, 9.17) is 14.2 Å². The summed E-state index contributed by atoms with van der Waals surface area (Å²) in [5.41, 5.74) is 0. The number of alkyl halides is 4. The molecule has 0 heterocycles. The van der Waals surface area contributed by atoms with E-state index in [9.17, 15) is 17.6 Å². The van der Waals surface area contributed by atoms with Crippen LogP contribution in [0.15, 0.2) is 0 Å². The van der Waals surface area contributed by atoms with Crippen LogP contribution in [0.25, 0.3) is 0 Å². The average molecular weight is 322 g/mol. The molecule has 0 aliphatic carbocycles. The number of hydrogen-bond acceptors (Lipinski definition) is 5. The number of rotatable bonds is 16. The Morgan fingerprint density at radius 3 is 0.905 bits per heavy atom. The van der Waals surface area contributed by atoms with Crippen LogP contribution >= 0.6 is 0 Å². The first-order valence-corrected chi connectivity index (χ1v) is 6.58. The van der Waals surface area contributed by atoms with Crippen molar-refractivity contribution < 1.29 is 41.2 Å². The van der Waals surface area contributed by atoms with Gasteiger partial charge in [0, 0.05) is 0 Å². The van der Waals surface area contributed by atoms with E-state index in [0.29, 0.717) is 26.4 Å². The fourth-order valence-electron chi connectivity index (χ4n) is 1.12. The molecule has 0 aliphatic rings. The van der Waals surface area contributed by atoms with Crippen molar-refractivity contribution >= 4 is 0 Å². The van der Waals surface area contributed by atoms with E-state index in [1.807, 2.05) is 0 Å². The minimum absolute atomic E-state index is 0.117. The summed E-state index contributed by atoms with van der Waals surface area (Å²) in [7, 11) is 0. The highest BCUT2D eigenvalue weighted by Gasteiger charge is 2.01. The van der Waals surface area contributed by atoms with Crippen LogP contribution in [0.4, 0.5) is 17.6 Å². The van der Waals surface area contributed by atoms with Crippen LogP contribution in [0.1, 0.15) is 0 Å². The summed E-state index contributed by atoms with van der Waals surface area (Å²) in [6.07, 6.45) is -4.93. The molecule has 0 N–H and O–H groups in total. The highest BCUT2D eigenvalue weighted by atomic mass is 19.3. The average Bonchev–Trinajstić information content (AvgIpc) is 2.42. The van der Waals surface area contributed by atoms with Crippen LogP contribution in [0.5, 0.6) is 0 Å². The second-order valence-corrected chi connectivity index (χ2v) is 3.77. The van der Waals surface area contributed by atoms with Gasteiger partial charge in [-0.15, -0.1) is 0 Å². The van der Waals surface area contributed by atoms with Gasteiger partial charge in [0.15, 0.2) is 0 Å². The lowest BCUT2D eigenvalue weighted by Gasteiger charge is -2.07. The first-order valence-electron chi connectivity index (χ1n) is 6.58. The lowest BCUT2D eigenvalue weighted by Crippen LogP contribution is -2.14. The standard InChI is InChI=1S/C12H22F4O5/c13-11(14)9-20-7-5-18-3-1-17-2-4-19-6-8-21-10-12(15)16/h11-12H,1-10H2. The Morgan fingerprint density at radius 1 is 0.429 bits per heavy atom. The molecular formula is C12H22F4O5. The van der Waals surface area contributed by atoms with Crippen molar-refractivity contribution in [2.75, 3.05) is 66.1 Å². The molecule has 0 atom stereocenters. The molecule has 9 heteroatoms. The SMILES string of the molecule is FC(F)COCCOCCOCCOCCOCC(F)F. The molecule has 0 rings (SSSR count). The molecule has 0 saturated heterocycles. The fraction of sp³-hybridized carbons (Fsp3) is 1.00. The van der Waals surface area contributed by atoms with E-state index in [-0.39, 0.29) is 26.4 Å². The van der Waals surface area contributed by atoms with Crippen LogP contribution in [-0.4, -0.2) is 78.9 Å². The fourth-order valence-corrected chi connectivity index (χ4v) is 1.12. The second-order valence-electron chi connectivity index (χ2n) is 3.77. The summed E-state index contributed by atoms with van der Waals surface area (Å²) in [6, 6.07) is 0. The first kappa shape index (κ1) is 20.5. The quantitative estimate of drug-likeness (QED) is 0.319. The molecule has 0 aromatic carbocycles. The highest BCUT2D eigenvalue weighted by Crippen LogP contribution is 1.93. The van der Waals surface area contributed by atoms with Gasteiger partial charge in [0.1, 0.15) is 13.2 Å². The molecule has 0 aliphatic heterocycles. The maximum Gasteiger partial charge on any atom is 0.261 e. The Kier molecular flexibility index (Phi) is 15.5. The zero-order chi connectivity index (χ0) is 15.8. The maximum absolute atomic E-state index is 11.7. The summed E-state index contributed by atoms with van der Waals surface area (Å²) in [6.45, 7) is 0.877.